The summed E-state index contributed by atoms with van der Waals surface area (Å²) >= 11 is 0. The summed E-state index contributed by atoms with van der Waals surface area (Å²) in [6.45, 7) is 0. The molecule has 6 nitrogen and oxygen atoms in total. The Balaban J connectivity index is 1.62. The van der Waals surface area contributed by atoms with Gasteiger partial charge in [0.2, 0.25) is 0 Å². The molecule has 4 aromatic rings. The van der Waals surface area contributed by atoms with E-state index in [0.29, 0.717) is 11.1 Å². The highest BCUT2D eigenvalue weighted by molar-refractivity contribution is 6.04. The molecule has 0 aromatic heterocycles. The lowest BCUT2D eigenvalue weighted by molar-refractivity contribution is 0.0744. The van der Waals surface area contributed by atoms with E-state index in [9.17, 15) is 19.8 Å². The zero-order valence-corrected chi connectivity index (χ0v) is 18.2. The van der Waals surface area contributed by atoms with Crippen LogP contribution in [0.1, 0.15) is 44.1 Å². The maximum Gasteiger partial charge on any atom is 0.198 e. The SMILES string of the molecule is O=C(c1ccccc1N=Nc1ccccc1C(=O)C(O)c1ccccc1)C(O)c1ccccc1. The normalized spacial score (nSPS) is 12.9. The monoisotopic (exact) mass is 450 g/mol. The molecule has 0 aliphatic heterocycles. The second-order valence-electron chi connectivity index (χ2n) is 7.59. The Morgan fingerprint density at radius 1 is 0.500 bits per heavy atom. The van der Waals surface area contributed by atoms with E-state index in [0.717, 1.165) is 0 Å². The molecule has 0 aliphatic carbocycles. The molecular formula is C28H22N2O4. The van der Waals surface area contributed by atoms with Gasteiger partial charge in [-0.15, -0.1) is 10.2 Å². The number of ketones is 2. The van der Waals surface area contributed by atoms with Crippen LogP contribution in [0.5, 0.6) is 0 Å². The van der Waals surface area contributed by atoms with Crippen molar-refractivity contribution in [3.8, 4) is 0 Å². The standard InChI is InChI=1S/C28H22N2O4/c31-25(19-11-3-1-4-12-19)27(33)21-15-7-9-17-23(21)29-30-24-18-10-8-16-22(24)28(34)26(32)20-13-5-2-6-14-20/h1-18,25-26,31-32H. The van der Waals surface area contributed by atoms with E-state index in [1.165, 1.54) is 0 Å². The van der Waals surface area contributed by atoms with Crippen LogP contribution in [-0.2, 0) is 0 Å². The van der Waals surface area contributed by atoms with Crippen molar-refractivity contribution in [1.82, 2.24) is 0 Å². The van der Waals surface area contributed by atoms with E-state index >= 15 is 0 Å². The molecule has 0 amide bonds. The molecule has 2 N–H and O–H groups in total. The predicted octanol–water partition coefficient (Wildman–Crippen LogP) is 5.93. The third-order valence-electron chi connectivity index (χ3n) is 5.33. The number of nitrogens with zero attached hydrogens (tertiary/aromatic N) is 2. The number of benzene rings is 4. The number of aliphatic hydroxyl groups excluding tert-OH is 2. The van der Waals surface area contributed by atoms with Crippen molar-refractivity contribution in [3.05, 3.63) is 131 Å². The van der Waals surface area contributed by atoms with Gasteiger partial charge in [-0.2, -0.15) is 0 Å². The number of azo groups is 1. The van der Waals surface area contributed by atoms with Gasteiger partial charge in [0.25, 0.3) is 0 Å². The molecule has 0 bridgehead atoms. The van der Waals surface area contributed by atoms with E-state index < -0.39 is 23.8 Å². The van der Waals surface area contributed by atoms with Crippen LogP contribution < -0.4 is 0 Å². The second-order valence-corrected chi connectivity index (χ2v) is 7.59. The summed E-state index contributed by atoms with van der Waals surface area (Å²) in [4.78, 5) is 25.9. The molecule has 34 heavy (non-hydrogen) atoms. The minimum Gasteiger partial charge on any atom is -0.380 e. The van der Waals surface area contributed by atoms with Crippen molar-refractivity contribution in [2.75, 3.05) is 0 Å². The first kappa shape index (κ1) is 22.9. The Bertz CT molecular complexity index is 1220. The molecule has 2 unspecified atom stereocenters. The summed E-state index contributed by atoms with van der Waals surface area (Å²) in [6, 6.07) is 30.4. The molecule has 0 saturated heterocycles. The smallest absolute Gasteiger partial charge is 0.198 e. The molecule has 4 rings (SSSR count). The van der Waals surface area contributed by atoms with Gasteiger partial charge in [-0.3, -0.25) is 9.59 Å². The van der Waals surface area contributed by atoms with Gasteiger partial charge in [-0.25, -0.2) is 0 Å². The molecule has 0 heterocycles. The van der Waals surface area contributed by atoms with Gasteiger partial charge in [-0.1, -0.05) is 84.9 Å². The van der Waals surface area contributed by atoms with E-state index in [1.807, 2.05) is 0 Å². The molecule has 6 heteroatoms. The quantitative estimate of drug-likeness (QED) is 0.256. The third-order valence-corrected chi connectivity index (χ3v) is 5.33. The molecular weight excluding hydrogens is 428 g/mol. The van der Waals surface area contributed by atoms with Gasteiger partial charge in [0, 0.05) is 11.1 Å². The first-order chi connectivity index (χ1) is 16.6. The fraction of sp³-hybridized carbons (Fsp3) is 0.0714. The summed E-state index contributed by atoms with van der Waals surface area (Å²) in [7, 11) is 0. The van der Waals surface area contributed by atoms with Gasteiger partial charge in [-0.05, 0) is 35.4 Å². The lowest BCUT2D eigenvalue weighted by Gasteiger charge is -2.12. The lowest BCUT2D eigenvalue weighted by Crippen LogP contribution is -2.12. The molecule has 168 valence electrons. The average Bonchev–Trinajstić information content (AvgIpc) is 2.91. The van der Waals surface area contributed by atoms with Gasteiger partial charge in [0.05, 0.1) is 11.4 Å². The van der Waals surface area contributed by atoms with E-state index in [2.05, 4.69) is 10.2 Å². The van der Waals surface area contributed by atoms with Crippen molar-refractivity contribution < 1.29 is 19.8 Å². The Hall–Kier alpha value is -4.26. The predicted molar refractivity (Wildman–Crippen MR) is 129 cm³/mol. The number of carbonyl (C=O) groups is 2. The van der Waals surface area contributed by atoms with Gasteiger partial charge in [0.1, 0.15) is 12.2 Å². The minimum absolute atomic E-state index is 0.204. The molecule has 4 aromatic carbocycles. The van der Waals surface area contributed by atoms with Crippen LogP contribution in [0, 0.1) is 0 Å². The number of Topliss-reactive ketones (excluding diaryl/α,β-unsaturated/α-hetero) is 2. The summed E-state index contributed by atoms with van der Waals surface area (Å²) < 4.78 is 0. The van der Waals surface area contributed by atoms with E-state index in [1.54, 1.807) is 109 Å². The zero-order valence-electron chi connectivity index (χ0n) is 18.2. The number of rotatable bonds is 8. The first-order valence-corrected chi connectivity index (χ1v) is 10.7. The molecule has 2 atom stereocenters. The van der Waals surface area contributed by atoms with Crippen molar-refractivity contribution in [3.63, 3.8) is 0 Å². The Kier molecular flexibility index (Phi) is 7.13. The molecule has 0 aliphatic rings. The van der Waals surface area contributed by atoms with E-state index in [-0.39, 0.29) is 22.5 Å². The van der Waals surface area contributed by atoms with Crippen LogP contribution in [0.25, 0.3) is 0 Å². The van der Waals surface area contributed by atoms with Crippen LogP contribution in [0.3, 0.4) is 0 Å². The first-order valence-electron chi connectivity index (χ1n) is 10.7. The van der Waals surface area contributed by atoms with Crippen molar-refractivity contribution >= 4 is 22.9 Å². The topological polar surface area (TPSA) is 99.3 Å². The minimum atomic E-state index is -1.34. The van der Waals surface area contributed by atoms with Gasteiger partial charge < -0.3 is 10.2 Å². The van der Waals surface area contributed by atoms with Crippen molar-refractivity contribution in [2.24, 2.45) is 10.2 Å². The fourth-order valence-electron chi connectivity index (χ4n) is 3.51. The number of aliphatic hydroxyl groups is 2. The van der Waals surface area contributed by atoms with Crippen LogP contribution in [0.15, 0.2) is 119 Å². The second kappa shape index (κ2) is 10.6. The summed E-state index contributed by atoms with van der Waals surface area (Å²) in [6.07, 6.45) is -2.68. The zero-order chi connectivity index (χ0) is 23.9. The maximum atomic E-state index is 13.0. The van der Waals surface area contributed by atoms with Crippen LogP contribution in [0.4, 0.5) is 11.4 Å². The number of hydrogen-bond acceptors (Lipinski definition) is 6. The highest BCUT2D eigenvalue weighted by atomic mass is 16.3. The van der Waals surface area contributed by atoms with Gasteiger partial charge in [0.15, 0.2) is 11.6 Å². The van der Waals surface area contributed by atoms with E-state index in [4.69, 9.17) is 0 Å². The maximum absolute atomic E-state index is 13.0. The molecule has 0 fully saturated rings. The molecule has 0 saturated carbocycles. The van der Waals surface area contributed by atoms with Crippen LogP contribution in [-0.4, -0.2) is 21.8 Å². The average molecular weight is 450 g/mol. The number of hydrogen-bond donors (Lipinski definition) is 2. The largest absolute Gasteiger partial charge is 0.380 e. The summed E-state index contributed by atoms with van der Waals surface area (Å²) in [5.74, 6) is -1.02. The Morgan fingerprint density at radius 3 is 1.21 bits per heavy atom. The van der Waals surface area contributed by atoms with Crippen molar-refractivity contribution in [1.29, 1.82) is 0 Å². The molecule has 0 spiro atoms. The Labute approximate surface area is 196 Å². The number of carbonyl (C=O) groups excluding carboxylic acids is 2. The molecule has 0 radical (unpaired) electrons. The lowest BCUT2D eigenvalue weighted by atomic mass is 9.98. The summed E-state index contributed by atoms with van der Waals surface area (Å²) in [5.41, 5.74) is 1.88. The van der Waals surface area contributed by atoms with Crippen LogP contribution in [0.2, 0.25) is 0 Å². The summed E-state index contributed by atoms with van der Waals surface area (Å²) in [5, 5.41) is 29.5. The van der Waals surface area contributed by atoms with Crippen molar-refractivity contribution in [2.45, 2.75) is 12.2 Å². The highest BCUT2D eigenvalue weighted by Crippen LogP contribution is 2.30. The van der Waals surface area contributed by atoms with Crippen LogP contribution >= 0.6 is 0 Å². The highest BCUT2D eigenvalue weighted by Gasteiger charge is 2.23. The Morgan fingerprint density at radius 2 is 0.824 bits per heavy atom. The van der Waals surface area contributed by atoms with Gasteiger partial charge >= 0.3 is 0 Å². The third kappa shape index (κ3) is 5.04. The fourth-order valence-corrected chi connectivity index (χ4v) is 3.51.